The van der Waals surface area contributed by atoms with Gasteiger partial charge in [-0.1, -0.05) is 26.2 Å². The van der Waals surface area contributed by atoms with Crippen molar-refractivity contribution < 1.29 is 4.79 Å². The van der Waals surface area contributed by atoms with Gasteiger partial charge in [0.25, 0.3) is 0 Å². The molecule has 0 amide bonds. The van der Waals surface area contributed by atoms with E-state index in [1.807, 2.05) is 0 Å². The molecule has 0 saturated carbocycles. The maximum atomic E-state index is 11.2. The van der Waals surface area contributed by atoms with Gasteiger partial charge in [-0.25, -0.2) is 0 Å². The SMILES string of the molecule is CCCCC(=O)CCCCCCCl. The topological polar surface area (TPSA) is 17.1 Å². The summed E-state index contributed by atoms with van der Waals surface area (Å²) >= 11 is 5.54. The number of Topliss-reactive ketones (excluding diaryl/α,β-unsaturated/α-hetero) is 1. The molecule has 13 heavy (non-hydrogen) atoms. The van der Waals surface area contributed by atoms with Gasteiger partial charge in [0.1, 0.15) is 5.78 Å². The fourth-order valence-electron chi connectivity index (χ4n) is 1.27. The van der Waals surface area contributed by atoms with Crippen molar-refractivity contribution in [2.24, 2.45) is 0 Å². The van der Waals surface area contributed by atoms with Gasteiger partial charge in [0, 0.05) is 18.7 Å². The Bertz CT molecular complexity index is 123. The summed E-state index contributed by atoms with van der Waals surface area (Å²) in [6.45, 7) is 2.12. The first-order valence-corrected chi connectivity index (χ1v) is 5.92. The van der Waals surface area contributed by atoms with E-state index < -0.39 is 0 Å². The molecule has 1 nitrogen and oxygen atoms in total. The van der Waals surface area contributed by atoms with E-state index in [2.05, 4.69) is 6.92 Å². The van der Waals surface area contributed by atoms with E-state index in [9.17, 15) is 4.79 Å². The minimum Gasteiger partial charge on any atom is -0.300 e. The number of carbonyl (C=O) groups excluding carboxylic acids is 1. The van der Waals surface area contributed by atoms with Crippen LogP contribution in [0.4, 0.5) is 0 Å². The highest BCUT2D eigenvalue weighted by molar-refractivity contribution is 6.17. The lowest BCUT2D eigenvalue weighted by molar-refractivity contribution is -0.119. The van der Waals surface area contributed by atoms with Crippen LogP contribution in [-0.2, 0) is 4.79 Å². The zero-order valence-corrected chi connectivity index (χ0v) is 9.41. The summed E-state index contributed by atoms with van der Waals surface area (Å²) in [5.41, 5.74) is 0. The molecule has 0 aromatic carbocycles. The Balaban J connectivity index is 3.08. The molecular weight excluding hydrogens is 184 g/mol. The molecule has 0 aromatic heterocycles. The van der Waals surface area contributed by atoms with Gasteiger partial charge in [-0.15, -0.1) is 11.6 Å². The molecule has 0 aliphatic carbocycles. The highest BCUT2D eigenvalue weighted by Gasteiger charge is 2.00. The van der Waals surface area contributed by atoms with Crippen LogP contribution in [0.3, 0.4) is 0 Å². The van der Waals surface area contributed by atoms with Gasteiger partial charge < -0.3 is 0 Å². The lowest BCUT2D eigenvalue weighted by Gasteiger charge is -1.99. The van der Waals surface area contributed by atoms with Crippen LogP contribution in [0.2, 0.25) is 0 Å². The molecule has 0 atom stereocenters. The van der Waals surface area contributed by atoms with Crippen LogP contribution in [0.15, 0.2) is 0 Å². The van der Waals surface area contributed by atoms with Gasteiger partial charge >= 0.3 is 0 Å². The number of halogens is 1. The molecule has 0 unspecified atom stereocenters. The van der Waals surface area contributed by atoms with E-state index in [-0.39, 0.29) is 0 Å². The molecule has 0 aliphatic rings. The predicted octanol–water partition coefficient (Wildman–Crippen LogP) is 3.94. The van der Waals surface area contributed by atoms with Crippen molar-refractivity contribution in [3.63, 3.8) is 0 Å². The fourth-order valence-corrected chi connectivity index (χ4v) is 1.46. The Kier molecular flexibility index (Phi) is 10.0. The maximum absolute atomic E-state index is 11.2. The maximum Gasteiger partial charge on any atom is 0.132 e. The Labute approximate surface area is 86.9 Å². The average molecular weight is 205 g/mol. The van der Waals surface area contributed by atoms with Crippen LogP contribution in [-0.4, -0.2) is 11.7 Å². The summed E-state index contributed by atoms with van der Waals surface area (Å²) in [5, 5.41) is 0. The Morgan fingerprint density at radius 1 is 1.00 bits per heavy atom. The summed E-state index contributed by atoms with van der Waals surface area (Å²) in [7, 11) is 0. The summed E-state index contributed by atoms with van der Waals surface area (Å²) in [6.07, 6.45) is 8.21. The Hall–Kier alpha value is -0.0400. The quantitative estimate of drug-likeness (QED) is 0.411. The molecule has 0 heterocycles. The van der Waals surface area contributed by atoms with E-state index in [0.717, 1.165) is 50.8 Å². The average Bonchev–Trinajstić information content (AvgIpc) is 2.14. The van der Waals surface area contributed by atoms with Gasteiger partial charge in [-0.3, -0.25) is 4.79 Å². The number of hydrogen-bond acceptors (Lipinski definition) is 1. The fraction of sp³-hybridized carbons (Fsp3) is 0.909. The van der Waals surface area contributed by atoms with Gasteiger partial charge in [0.2, 0.25) is 0 Å². The zero-order valence-electron chi connectivity index (χ0n) is 8.65. The minimum absolute atomic E-state index is 0.438. The van der Waals surface area contributed by atoms with Crippen LogP contribution in [0.5, 0.6) is 0 Å². The van der Waals surface area contributed by atoms with E-state index in [1.165, 1.54) is 6.42 Å². The molecule has 78 valence electrons. The number of ketones is 1. The third-order valence-electron chi connectivity index (χ3n) is 2.15. The van der Waals surface area contributed by atoms with Crippen molar-refractivity contribution in [3.05, 3.63) is 0 Å². The molecule has 0 bridgehead atoms. The summed E-state index contributed by atoms with van der Waals surface area (Å²) in [4.78, 5) is 11.2. The van der Waals surface area contributed by atoms with Crippen molar-refractivity contribution in [3.8, 4) is 0 Å². The molecule has 0 aromatic rings. The third-order valence-corrected chi connectivity index (χ3v) is 2.42. The third kappa shape index (κ3) is 9.88. The smallest absolute Gasteiger partial charge is 0.132 e. The second-order valence-corrected chi connectivity index (χ2v) is 3.87. The number of hydrogen-bond donors (Lipinski definition) is 0. The molecule has 0 N–H and O–H groups in total. The standard InChI is InChI=1S/C11H21ClO/c1-2-3-8-11(13)9-6-4-5-7-10-12/h2-10H2,1H3. The van der Waals surface area contributed by atoms with Gasteiger partial charge in [-0.05, 0) is 19.3 Å². The second kappa shape index (κ2) is 10.0. The molecule has 0 spiro atoms. The lowest BCUT2D eigenvalue weighted by atomic mass is 10.1. The Morgan fingerprint density at radius 2 is 1.62 bits per heavy atom. The van der Waals surface area contributed by atoms with Crippen LogP contribution in [0.1, 0.15) is 58.3 Å². The molecule has 2 heteroatoms. The highest BCUT2D eigenvalue weighted by Crippen LogP contribution is 2.07. The molecule has 0 aliphatic heterocycles. The first-order chi connectivity index (χ1) is 6.31. The zero-order chi connectivity index (χ0) is 9.94. The van der Waals surface area contributed by atoms with E-state index in [0.29, 0.717) is 5.78 Å². The van der Waals surface area contributed by atoms with Crippen LogP contribution in [0, 0.1) is 0 Å². The predicted molar refractivity (Wildman–Crippen MR) is 58.3 cm³/mol. The van der Waals surface area contributed by atoms with Crippen molar-refractivity contribution in [2.75, 3.05) is 5.88 Å². The first-order valence-electron chi connectivity index (χ1n) is 5.39. The highest BCUT2D eigenvalue weighted by atomic mass is 35.5. The Morgan fingerprint density at radius 3 is 2.23 bits per heavy atom. The number of rotatable bonds is 9. The second-order valence-electron chi connectivity index (χ2n) is 3.50. The van der Waals surface area contributed by atoms with Gasteiger partial charge in [0.05, 0.1) is 0 Å². The molecule has 0 saturated heterocycles. The molecule has 0 radical (unpaired) electrons. The normalized spacial score (nSPS) is 10.3. The summed E-state index contributed by atoms with van der Waals surface area (Å²) < 4.78 is 0. The largest absolute Gasteiger partial charge is 0.300 e. The molecule has 0 rings (SSSR count). The number of alkyl halides is 1. The summed E-state index contributed by atoms with van der Waals surface area (Å²) in [5.74, 6) is 1.19. The van der Waals surface area contributed by atoms with Crippen molar-refractivity contribution >= 4 is 17.4 Å². The van der Waals surface area contributed by atoms with Crippen molar-refractivity contribution in [1.29, 1.82) is 0 Å². The molecular formula is C11H21ClO. The van der Waals surface area contributed by atoms with Crippen molar-refractivity contribution in [1.82, 2.24) is 0 Å². The number of carbonyl (C=O) groups is 1. The van der Waals surface area contributed by atoms with Crippen LogP contribution in [0.25, 0.3) is 0 Å². The van der Waals surface area contributed by atoms with Gasteiger partial charge in [0.15, 0.2) is 0 Å². The monoisotopic (exact) mass is 204 g/mol. The minimum atomic E-state index is 0.438. The first kappa shape index (κ1) is 13.0. The van der Waals surface area contributed by atoms with E-state index in [4.69, 9.17) is 11.6 Å². The van der Waals surface area contributed by atoms with Gasteiger partial charge in [-0.2, -0.15) is 0 Å². The van der Waals surface area contributed by atoms with Crippen LogP contribution < -0.4 is 0 Å². The molecule has 0 fully saturated rings. The summed E-state index contributed by atoms with van der Waals surface area (Å²) in [6, 6.07) is 0. The lowest BCUT2D eigenvalue weighted by Crippen LogP contribution is -1.96. The van der Waals surface area contributed by atoms with E-state index in [1.54, 1.807) is 0 Å². The van der Waals surface area contributed by atoms with Crippen molar-refractivity contribution in [2.45, 2.75) is 58.3 Å². The van der Waals surface area contributed by atoms with Crippen LogP contribution >= 0.6 is 11.6 Å². The van der Waals surface area contributed by atoms with E-state index >= 15 is 0 Å². The number of unbranched alkanes of at least 4 members (excludes halogenated alkanes) is 4.